The molecule has 1 aliphatic heterocycles. The highest BCUT2D eigenvalue weighted by Crippen LogP contribution is 2.21. The molecule has 0 saturated carbocycles. The second-order valence-corrected chi connectivity index (χ2v) is 9.05. The number of rotatable bonds is 4. The van der Waals surface area contributed by atoms with Crippen molar-refractivity contribution in [2.24, 2.45) is 5.92 Å². The molecule has 7 heteroatoms. The van der Waals surface area contributed by atoms with E-state index >= 15 is 0 Å². The van der Waals surface area contributed by atoms with Gasteiger partial charge in [-0.3, -0.25) is 4.79 Å². The van der Waals surface area contributed by atoms with E-state index in [1.807, 2.05) is 67.6 Å². The summed E-state index contributed by atoms with van der Waals surface area (Å²) in [6.07, 6.45) is 3.36. The summed E-state index contributed by atoms with van der Waals surface area (Å²) in [6, 6.07) is 9.50. The number of carbonyl (C=O) groups excluding carboxylic acids is 2. The fourth-order valence-corrected chi connectivity index (χ4v) is 3.77. The van der Waals surface area contributed by atoms with Gasteiger partial charge in [-0.05, 0) is 76.8 Å². The van der Waals surface area contributed by atoms with Gasteiger partial charge in [0, 0.05) is 44.1 Å². The molecule has 1 atom stereocenters. The number of hydrogen-bond acceptors (Lipinski definition) is 4. The Morgan fingerprint density at radius 2 is 1.90 bits per heavy atom. The third-order valence-electron chi connectivity index (χ3n) is 5.23. The molecule has 1 aromatic carbocycles. The Morgan fingerprint density at radius 1 is 1.20 bits per heavy atom. The molecule has 0 N–H and O–H groups in total. The van der Waals surface area contributed by atoms with Crippen molar-refractivity contribution in [2.45, 2.75) is 46.1 Å². The number of carbonyl (C=O) groups is 2. The molecule has 7 nitrogen and oxygen atoms in total. The lowest BCUT2D eigenvalue weighted by molar-refractivity contribution is 0.0244. The molecular formula is C23H32N4O3. The summed E-state index contributed by atoms with van der Waals surface area (Å²) in [5.74, 6) is 0.273. The number of amides is 2. The van der Waals surface area contributed by atoms with Gasteiger partial charge in [0.1, 0.15) is 5.60 Å². The molecule has 1 saturated heterocycles. The van der Waals surface area contributed by atoms with E-state index in [0.29, 0.717) is 18.7 Å². The average Bonchev–Trinajstić information content (AvgIpc) is 3.12. The lowest BCUT2D eigenvalue weighted by Crippen LogP contribution is -2.45. The minimum absolute atomic E-state index is 0.0309. The molecule has 1 aliphatic rings. The predicted molar refractivity (Wildman–Crippen MR) is 116 cm³/mol. The van der Waals surface area contributed by atoms with Crippen LogP contribution >= 0.6 is 0 Å². The summed E-state index contributed by atoms with van der Waals surface area (Å²) in [5, 5.41) is 4.30. The van der Waals surface area contributed by atoms with Crippen LogP contribution in [0.3, 0.4) is 0 Å². The van der Waals surface area contributed by atoms with Crippen LogP contribution in [0.5, 0.6) is 0 Å². The normalized spacial score (nSPS) is 17.0. The number of piperidine rings is 1. The number of hydrogen-bond donors (Lipinski definition) is 0. The van der Waals surface area contributed by atoms with Crippen molar-refractivity contribution >= 4 is 12.0 Å². The molecule has 0 radical (unpaired) electrons. The zero-order valence-electron chi connectivity index (χ0n) is 18.6. The van der Waals surface area contributed by atoms with E-state index in [0.717, 1.165) is 30.8 Å². The minimum Gasteiger partial charge on any atom is -0.444 e. The van der Waals surface area contributed by atoms with Crippen molar-refractivity contribution < 1.29 is 14.3 Å². The Labute approximate surface area is 178 Å². The van der Waals surface area contributed by atoms with Crippen LogP contribution in [0.15, 0.2) is 36.5 Å². The van der Waals surface area contributed by atoms with E-state index in [2.05, 4.69) is 5.10 Å². The lowest BCUT2D eigenvalue weighted by Gasteiger charge is -2.35. The molecule has 1 aromatic heterocycles. The SMILES string of the molecule is Cc1ccnn1-c1ccc(C(=O)N2CCCC(CN(C)C(=O)OC(C)(C)C)C2)cc1. The highest BCUT2D eigenvalue weighted by Gasteiger charge is 2.28. The molecule has 0 spiro atoms. The van der Waals surface area contributed by atoms with Gasteiger partial charge in [0.05, 0.1) is 5.69 Å². The van der Waals surface area contributed by atoms with E-state index in [4.69, 9.17) is 4.74 Å². The second kappa shape index (κ2) is 8.90. The maximum Gasteiger partial charge on any atom is 0.410 e. The quantitative estimate of drug-likeness (QED) is 0.764. The molecule has 162 valence electrons. The molecule has 0 aliphatic carbocycles. The zero-order chi connectivity index (χ0) is 21.9. The van der Waals surface area contributed by atoms with E-state index in [1.54, 1.807) is 18.1 Å². The van der Waals surface area contributed by atoms with Crippen LogP contribution in [0.25, 0.3) is 5.69 Å². The molecule has 30 heavy (non-hydrogen) atoms. The number of benzene rings is 1. The fourth-order valence-electron chi connectivity index (χ4n) is 3.77. The summed E-state index contributed by atoms with van der Waals surface area (Å²) in [7, 11) is 1.75. The van der Waals surface area contributed by atoms with E-state index in [1.165, 1.54) is 0 Å². The third kappa shape index (κ3) is 5.40. The van der Waals surface area contributed by atoms with Crippen LogP contribution in [0.1, 0.15) is 49.7 Å². The molecule has 3 rings (SSSR count). The maximum absolute atomic E-state index is 13.0. The largest absolute Gasteiger partial charge is 0.444 e. The molecule has 1 fully saturated rings. The number of likely N-dealkylation sites (tertiary alicyclic amines) is 1. The minimum atomic E-state index is -0.513. The zero-order valence-corrected chi connectivity index (χ0v) is 18.6. The summed E-state index contributed by atoms with van der Waals surface area (Å²) in [4.78, 5) is 28.8. The molecule has 2 aromatic rings. The third-order valence-corrected chi connectivity index (χ3v) is 5.23. The van der Waals surface area contributed by atoms with Gasteiger partial charge in [-0.15, -0.1) is 0 Å². The van der Waals surface area contributed by atoms with Gasteiger partial charge in [-0.1, -0.05) is 0 Å². The van der Waals surface area contributed by atoms with Crippen molar-refractivity contribution in [3.8, 4) is 5.69 Å². The Balaban J connectivity index is 1.60. The van der Waals surface area contributed by atoms with Gasteiger partial charge < -0.3 is 14.5 Å². The van der Waals surface area contributed by atoms with Crippen molar-refractivity contribution in [3.05, 3.63) is 47.8 Å². The Hall–Kier alpha value is -2.83. The van der Waals surface area contributed by atoms with E-state index < -0.39 is 5.60 Å². The van der Waals surface area contributed by atoms with Gasteiger partial charge in [-0.25, -0.2) is 9.48 Å². The van der Waals surface area contributed by atoms with Gasteiger partial charge >= 0.3 is 6.09 Å². The maximum atomic E-state index is 13.0. The first-order chi connectivity index (χ1) is 14.1. The van der Waals surface area contributed by atoms with Gasteiger partial charge in [-0.2, -0.15) is 5.10 Å². The monoisotopic (exact) mass is 412 g/mol. The smallest absolute Gasteiger partial charge is 0.410 e. The molecule has 0 bridgehead atoms. The Morgan fingerprint density at radius 3 is 2.50 bits per heavy atom. The summed E-state index contributed by atoms with van der Waals surface area (Å²) < 4.78 is 7.28. The summed E-state index contributed by atoms with van der Waals surface area (Å²) >= 11 is 0. The summed E-state index contributed by atoms with van der Waals surface area (Å²) in [5.41, 5.74) is 2.14. The standard InChI is InChI=1S/C23H32N4O3/c1-17-12-13-24-27(17)20-10-8-19(9-11-20)21(28)26-14-6-7-18(16-26)15-25(5)22(29)30-23(2,3)4/h8-13,18H,6-7,14-16H2,1-5H3. The number of nitrogens with zero attached hydrogens (tertiary/aromatic N) is 4. The number of ether oxygens (including phenoxy) is 1. The second-order valence-electron chi connectivity index (χ2n) is 9.05. The molecule has 2 amide bonds. The van der Waals surface area contributed by atoms with Gasteiger partial charge in [0.25, 0.3) is 5.91 Å². The summed E-state index contributed by atoms with van der Waals surface area (Å²) in [6.45, 7) is 9.54. The highest BCUT2D eigenvalue weighted by molar-refractivity contribution is 5.94. The van der Waals surface area contributed by atoms with Crippen LogP contribution in [-0.4, -0.2) is 63.9 Å². The average molecular weight is 413 g/mol. The molecular weight excluding hydrogens is 380 g/mol. The van der Waals surface area contributed by atoms with Crippen LogP contribution in [0, 0.1) is 12.8 Å². The molecule has 2 heterocycles. The Kier molecular flexibility index (Phi) is 6.48. The number of aromatic nitrogens is 2. The fraction of sp³-hybridized carbons (Fsp3) is 0.522. The lowest BCUT2D eigenvalue weighted by atomic mass is 9.97. The molecule has 1 unspecified atom stereocenters. The number of aryl methyl sites for hydroxylation is 1. The topological polar surface area (TPSA) is 67.7 Å². The van der Waals surface area contributed by atoms with Crippen LogP contribution in [0.4, 0.5) is 4.79 Å². The highest BCUT2D eigenvalue weighted by atomic mass is 16.6. The van der Waals surface area contributed by atoms with Crippen LogP contribution in [0.2, 0.25) is 0 Å². The van der Waals surface area contributed by atoms with Crippen molar-refractivity contribution in [3.63, 3.8) is 0 Å². The van der Waals surface area contributed by atoms with Crippen molar-refractivity contribution in [2.75, 3.05) is 26.7 Å². The van der Waals surface area contributed by atoms with Crippen LogP contribution in [-0.2, 0) is 4.74 Å². The van der Waals surface area contributed by atoms with E-state index in [9.17, 15) is 9.59 Å². The predicted octanol–water partition coefficient (Wildman–Crippen LogP) is 3.90. The van der Waals surface area contributed by atoms with Gasteiger partial charge in [0.2, 0.25) is 0 Å². The van der Waals surface area contributed by atoms with E-state index in [-0.39, 0.29) is 17.9 Å². The van der Waals surface area contributed by atoms with Crippen molar-refractivity contribution in [1.82, 2.24) is 19.6 Å². The van der Waals surface area contributed by atoms with Crippen molar-refractivity contribution in [1.29, 1.82) is 0 Å². The Bertz CT molecular complexity index is 883. The first-order valence-electron chi connectivity index (χ1n) is 10.5. The van der Waals surface area contributed by atoms with Gasteiger partial charge in [0.15, 0.2) is 0 Å². The first kappa shape index (κ1) is 21.9. The first-order valence-corrected chi connectivity index (χ1v) is 10.5. The van der Waals surface area contributed by atoms with Crippen LogP contribution < -0.4 is 0 Å².